The van der Waals surface area contributed by atoms with Gasteiger partial charge >= 0.3 is 0 Å². The highest BCUT2D eigenvalue weighted by Gasteiger charge is 2.29. The van der Waals surface area contributed by atoms with E-state index in [2.05, 4.69) is 41.9 Å². The number of aromatic nitrogens is 5. The van der Waals surface area contributed by atoms with Crippen molar-refractivity contribution in [3.63, 3.8) is 0 Å². The third-order valence-electron chi connectivity index (χ3n) is 3.80. The molecule has 4 aromatic heterocycles. The molecule has 0 aliphatic carbocycles. The van der Waals surface area contributed by atoms with Gasteiger partial charge in [0.2, 0.25) is 0 Å². The van der Waals surface area contributed by atoms with Gasteiger partial charge in [0.25, 0.3) is 5.65 Å². The molecular formula is C14H10N5+. The van der Waals surface area contributed by atoms with Crippen LogP contribution in [0.1, 0.15) is 5.56 Å². The lowest BCUT2D eigenvalue weighted by Gasteiger charge is -1.93. The Morgan fingerprint density at radius 2 is 2.11 bits per heavy atom. The number of nitrogens with zero attached hydrogens (tertiary/aromatic N) is 5. The number of hydrogen-bond donors (Lipinski definition) is 0. The maximum atomic E-state index is 4.26. The zero-order valence-corrected chi connectivity index (χ0v) is 10.1. The van der Waals surface area contributed by atoms with E-state index < -0.39 is 0 Å². The van der Waals surface area contributed by atoms with E-state index in [1.54, 1.807) is 0 Å². The second kappa shape index (κ2) is 3.00. The van der Waals surface area contributed by atoms with Crippen molar-refractivity contribution < 1.29 is 4.40 Å². The van der Waals surface area contributed by atoms with Crippen molar-refractivity contribution in [1.82, 2.24) is 18.9 Å². The molecule has 5 rings (SSSR count). The first-order valence-corrected chi connectivity index (χ1v) is 6.20. The van der Waals surface area contributed by atoms with Gasteiger partial charge in [-0.05, 0) is 6.07 Å². The molecule has 90 valence electrons. The van der Waals surface area contributed by atoms with Gasteiger partial charge in [-0.2, -0.15) is 0 Å². The Hall–Kier alpha value is -2.69. The Bertz CT molecular complexity index is 947. The van der Waals surface area contributed by atoms with E-state index >= 15 is 0 Å². The van der Waals surface area contributed by atoms with Gasteiger partial charge < -0.3 is 0 Å². The molecule has 0 saturated carbocycles. The Kier molecular flexibility index (Phi) is 1.46. The molecule has 0 N–H and O–H groups in total. The smallest absolute Gasteiger partial charge is 0.264 e. The number of fused-ring (bicyclic) bond motifs is 7. The lowest BCUT2D eigenvalue weighted by molar-refractivity contribution is -0.509. The fourth-order valence-electron chi connectivity index (χ4n) is 3.00. The zero-order chi connectivity index (χ0) is 12.4. The molecule has 4 aromatic rings. The van der Waals surface area contributed by atoms with E-state index in [1.165, 1.54) is 22.5 Å². The average Bonchev–Trinajstić information content (AvgIpc) is 3.04. The minimum atomic E-state index is 0.919. The van der Waals surface area contributed by atoms with Gasteiger partial charge in [0.15, 0.2) is 17.5 Å². The summed E-state index contributed by atoms with van der Waals surface area (Å²) in [5, 5.41) is 0. The van der Waals surface area contributed by atoms with E-state index in [-0.39, 0.29) is 0 Å². The highest BCUT2D eigenvalue weighted by Crippen LogP contribution is 2.33. The van der Waals surface area contributed by atoms with Crippen molar-refractivity contribution in [3.05, 3.63) is 55.1 Å². The minimum absolute atomic E-state index is 0.919. The van der Waals surface area contributed by atoms with Crippen LogP contribution in [0.5, 0.6) is 0 Å². The molecule has 5 heterocycles. The number of rotatable bonds is 0. The molecule has 0 radical (unpaired) electrons. The first-order chi connectivity index (χ1) is 9.42. The van der Waals surface area contributed by atoms with Crippen molar-refractivity contribution in [1.29, 1.82) is 0 Å². The summed E-state index contributed by atoms with van der Waals surface area (Å²) in [6.07, 6.45) is 13.7. The second-order valence-corrected chi connectivity index (χ2v) is 4.86. The van der Waals surface area contributed by atoms with E-state index in [0.29, 0.717) is 0 Å². The molecule has 5 nitrogen and oxygen atoms in total. The zero-order valence-electron chi connectivity index (χ0n) is 10.1. The van der Waals surface area contributed by atoms with Gasteiger partial charge in [0, 0.05) is 23.5 Å². The van der Waals surface area contributed by atoms with E-state index in [1.807, 2.05) is 31.0 Å². The van der Waals surface area contributed by atoms with Crippen molar-refractivity contribution in [2.45, 2.75) is 6.54 Å². The molecule has 5 heteroatoms. The molecule has 0 bridgehead atoms. The highest BCUT2D eigenvalue weighted by molar-refractivity contribution is 5.78. The lowest BCUT2D eigenvalue weighted by atomic mass is 10.1. The van der Waals surface area contributed by atoms with Crippen molar-refractivity contribution >= 4 is 11.2 Å². The summed E-state index contributed by atoms with van der Waals surface area (Å²) in [7, 11) is 0. The molecule has 0 atom stereocenters. The normalized spacial score (nSPS) is 13.1. The molecule has 0 aromatic carbocycles. The third kappa shape index (κ3) is 1.03. The Morgan fingerprint density at radius 3 is 3.11 bits per heavy atom. The van der Waals surface area contributed by atoms with Crippen molar-refractivity contribution in [3.8, 4) is 11.3 Å². The quantitative estimate of drug-likeness (QED) is 0.387. The summed E-state index contributed by atoms with van der Waals surface area (Å²) in [5.41, 5.74) is 6.05. The van der Waals surface area contributed by atoms with Crippen LogP contribution in [-0.2, 0) is 6.54 Å². The van der Waals surface area contributed by atoms with Gasteiger partial charge in [-0.1, -0.05) is 0 Å². The van der Waals surface area contributed by atoms with Crippen molar-refractivity contribution in [2.75, 3.05) is 0 Å². The summed E-state index contributed by atoms with van der Waals surface area (Å²) in [4.78, 5) is 8.43. The van der Waals surface area contributed by atoms with Crippen molar-refractivity contribution in [2.24, 2.45) is 0 Å². The maximum Gasteiger partial charge on any atom is 0.278 e. The molecule has 1 aliphatic rings. The van der Waals surface area contributed by atoms with Gasteiger partial charge in [0.1, 0.15) is 6.20 Å². The highest BCUT2D eigenvalue weighted by atomic mass is 15.2. The van der Waals surface area contributed by atoms with E-state index in [4.69, 9.17) is 0 Å². The predicted molar refractivity (Wildman–Crippen MR) is 68.7 cm³/mol. The van der Waals surface area contributed by atoms with Crippen LogP contribution in [0.4, 0.5) is 0 Å². The largest absolute Gasteiger partial charge is 0.278 e. The van der Waals surface area contributed by atoms with Crippen LogP contribution in [0, 0.1) is 0 Å². The molecule has 0 unspecified atom stereocenters. The Balaban J connectivity index is 2.00. The monoisotopic (exact) mass is 248 g/mol. The summed E-state index contributed by atoms with van der Waals surface area (Å²) < 4.78 is 6.60. The molecular weight excluding hydrogens is 238 g/mol. The molecule has 1 aliphatic heterocycles. The van der Waals surface area contributed by atoms with Gasteiger partial charge in [0.05, 0.1) is 25.1 Å². The summed E-state index contributed by atoms with van der Waals surface area (Å²) in [6, 6.07) is 2.09. The van der Waals surface area contributed by atoms with Gasteiger partial charge in [-0.25, -0.2) is 8.80 Å². The maximum absolute atomic E-state index is 4.26. The van der Waals surface area contributed by atoms with Crippen LogP contribution >= 0.6 is 0 Å². The number of imidazole rings is 2. The Morgan fingerprint density at radius 1 is 1.16 bits per heavy atom. The molecule has 0 fully saturated rings. The van der Waals surface area contributed by atoms with Crippen LogP contribution in [-0.4, -0.2) is 18.9 Å². The van der Waals surface area contributed by atoms with Crippen LogP contribution in [0.15, 0.2) is 49.6 Å². The summed E-state index contributed by atoms with van der Waals surface area (Å²) in [6.45, 7) is 0.919. The standard InChI is InChI=1S/C14H10N5/c1-2-15-6-12-10(1)7-17-9-18-8-11-5-16-3-4-19(11)14(18)13(12)17/h1-6,8-9H,7H2/q+1. The fraction of sp³-hybridized carbons (Fsp3) is 0.0714. The third-order valence-corrected chi connectivity index (χ3v) is 3.80. The topological polar surface area (TPSA) is 39.2 Å². The van der Waals surface area contributed by atoms with Crippen LogP contribution in [0.25, 0.3) is 22.4 Å². The van der Waals surface area contributed by atoms with E-state index in [9.17, 15) is 0 Å². The van der Waals surface area contributed by atoms with Crippen LogP contribution in [0.3, 0.4) is 0 Å². The van der Waals surface area contributed by atoms with Gasteiger partial charge in [-0.3, -0.25) is 14.5 Å². The van der Waals surface area contributed by atoms with E-state index in [0.717, 1.165) is 12.1 Å². The summed E-state index contributed by atoms with van der Waals surface area (Å²) in [5.74, 6) is 0. The molecule has 0 saturated heterocycles. The number of pyridine rings is 1. The summed E-state index contributed by atoms with van der Waals surface area (Å²) >= 11 is 0. The van der Waals surface area contributed by atoms with Crippen LogP contribution < -0.4 is 4.40 Å². The minimum Gasteiger partial charge on any atom is -0.264 e. The molecule has 0 spiro atoms. The first kappa shape index (κ1) is 9.27. The molecule has 19 heavy (non-hydrogen) atoms. The first-order valence-electron chi connectivity index (χ1n) is 6.20. The average molecular weight is 248 g/mol. The predicted octanol–water partition coefficient (Wildman–Crippen LogP) is 1.30. The Labute approximate surface area is 108 Å². The molecule has 0 amide bonds. The fourth-order valence-corrected chi connectivity index (χ4v) is 3.00. The van der Waals surface area contributed by atoms with Crippen LogP contribution in [0.2, 0.25) is 0 Å². The second-order valence-electron chi connectivity index (χ2n) is 4.86. The number of hydrogen-bond acceptors (Lipinski definition) is 2. The SMILES string of the molecule is c1cc2c(cn1)-c1c3n4ccncc4c[n+]3cn1C2. The lowest BCUT2D eigenvalue weighted by Crippen LogP contribution is -2.15. The van der Waals surface area contributed by atoms with Gasteiger partial charge in [-0.15, -0.1) is 0 Å².